The van der Waals surface area contributed by atoms with Crippen LogP contribution in [0.3, 0.4) is 0 Å². The number of nitrogens with one attached hydrogen (secondary N) is 2. The van der Waals surface area contributed by atoms with Gasteiger partial charge in [-0.25, -0.2) is 13.2 Å². The van der Waals surface area contributed by atoms with E-state index in [0.717, 1.165) is 76.8 Å². The zero-order valence-electron chi connectivity index (χ0n) is 21.7. The van der Waals surface area contributed by atoms with Gasteiger partial charge in [0.1, 0.15) is 11.5 Å². The second-order valence-electron chi connectivity index (χ2n) is 9.43. The van der Waals surface area contributed by atoms with Crippen molar-refractivity contribution in [3.05, 3.63) is 54.1 Å². The molecule has 0 spiro atoms. The fourth-order valence-electron chi connectivity index (χ4n) is 4.42. The van der Waals surface area contributed by atoms with Gasteiger partial charge in [-0.1, -0.05) is 32.4 Å². The zero-order valence-corrected chi connectivity index (χ0v) is 22.5. The maximum absolute atomic E-state index is 12.7. The van der Waals surface area contributed by atoms with Crippen LogP contribution in [0.1, 0.15) is 51.5 Å². The van der Waals surface area contributed by atoms with Crippen LogP contribution in [-0.2, 0) is 16.6 Å². The molecule has 2 aromatic rings. The topological polar surface area (TPSA) is 91.0 Å². The largest absolute Gasteiger partial charge is 0.457 e. The van der Waals surface area contributed by atoms with E-state index in [2.05, 4.69) is 40.9 Å². The molecule has 1 fully saturated rings. The molecule has 8 nitrogen and oxygen atoms in total. The average Bonchev–Trinajstić information content (AvgIpc) is 2.85. The number of nitrogens with zero attached hydrogens (tertiary/aromatic N) is 2. The Balaban J connectivity index is 1.47. The smallest absolute Gasteiger partial charge is 0.317 e. The molecule has 36 heavy (non-hydrogen) atoms. The minimum atomic E-state index is -3.30. The highest BCUT2D eigenvalue weighted by Gasteiger charge is 2.27. The number of anilines is 1. The Labute approximate surface area is 216 Å². The van der Waals surface area contributed by atoms with E-state index in [0.29, 0.717) is 17.5 Å². The quantitative estimate of drug-likeness (QED) is 0.386. The van der Waals surface area contributed by atoms with Crippen LogP contribution in [-0.4, -0.2) is 62.7 Å². The maximum Gasteiger partial charge on any atom is 0.317 e. The van der Waals surface area contributed by atoms with Crippen LogP contribution in [0.5, 0.6) is 11.5 Å². The van der Waals surface area contributed by atoms with Gasteiger partial charge in [0.2, 0.25) is 10.0 Å². The average molecular weight is 517 g/mol. The SMILES string of the molecule is CCCCNC(=O)N(CCC)C1CCN(Cc2ccc(Oc3ccc(NS(C)(=O)=O)cc3)cc2)CC1. The van der Waals surface area contributed by atoms with E-state index in [-0.39, 0.29) is 6.03 Å². The van der Waals surface area contributed by atoms with Gasteiger partial charge in [0.25, 0.3) is 0 Å². The molecule has 198 valence electrons. The lowest BCUT2D eigenvalue weighted by Gasteiger charge is -2.38. The Kier molecular flexibility index (Phi) is 10.4. The van der Waals surface area contributed by atoms with Gasteiger partial charge in [0, 0.05) is 44.5 Å². The summed E-state index contributed by atoms with van der Waals surface area (Å²) in [6.07, 6.45) is 6.17. The summed E-state index contributed by atoms with van der Waals surface area (Å²) in [5, 5.41) is 3.09. The van der Waals surface area contributed by atoms with Crippen molar-refractivity contribution in [3.63, 3.8) is 0 Å². The molecule has 1 saturated heterocycles. The number of carbonyl (C=O) groups excluding carboxylic acids is 1. The second kappa shape index (κ2) is 13.5. The standard InChI is InChI=1S/C27H40N4O4S/c1-4-6-17-28-27(32)31(18-5-2)24-15-19-30(20-16-24)21-22-7-11-25(12-8-22)35-26-13-9-23(10-14-26)29-36(3,33)34/h7-14,24,29H,4-6,15-21H2,1-3H3,(H,28,32). The number of likely N-dealkylation sites (tertiary alicyclic amines) is 1. The third-order valence-electron chi connectivity index (χ3n) is 6.25. The zero-order chi connectivity index (χ0) is 26.0. The fraction of sp³-hybridized carbons (Fsp3) is 0.519. The number of urea groups is 1. The van der Waals surface area contributed by atoms with Gasteiger partial charge in [-0.2, -0.15) is 0 Å². The van der Waals surface area contributed by atoms with Crippen molar-refractivity contribution in [3.8, 4) is 11.5 Å². The van der Waals surface area contributed by atoms with Crippen molar-refractivity contribution in [1.29, 1.82) is 0 Å². The van der Waals surface area contributed by atoms with Gasteiger partial charge >= 0.3 is 6.03 Å². The number of rotatable bonds is 12. The summed E-state index contributed by atoms with van der Waals surface area (Å²) in [6.45, 7) is 8.63. The summed E-state index contributed by atoms with van der Waals surface area (Å²) in [4.78, 5) is 17.2. The number of hydrogen-bond donors (Lipinski definition) is 2. The molecule has 0 unspecified atom stereocenters. The van der Waals surface area contributed by atoms with Gasteiger partial charge in [-0.3, -0.25) is 9.62 Å². The molecule has 0 aromatic heterocycles. The Morgan fingerprint density at radius 2 is 1.61 bits per heavy atom. The maximum atomic E-state index is 12.7. The Morgan fingerprint density at radius 1 is 1.00 bits per heavy atom. The summed E-state index contributed by atoms with van der Waals surface area (Å²) >= 11 is 0. The number of carbonyl (C=O) groups is 1. The summed E-state index contributed by atoms with van der Waals surface area (Å²) in [5.41, 5.74) is 1.72. The summed E-state index contributed by atoms with van der Waals surface area (Å²) in [7, 11) is -3.30. The number of hydrogen-bond acceptors (Lipinski definition) is 5. The monoisotopic (exact) mass is 516 g/mol. The number of benzene rings is 2. The number of amides is 2. The van der Waals surface area contributed by atoms with Crippen LogP contribution in [0.15, 0.2) is 48.5 Å². The summed E-state index contributed by atoms with van der Waals surface area (Å²) in [5.74, 6) is 1.37. The summed E-state index contributed by atoms with van der Waals surface area (Å²) in [6, 6.07) is 15.3. The molecule has 0 aliphatic carbocycles. The third kappa shape index (κ3) is 9.02. The first-order valence-electron chi connectivity index (χ1n) is 12.9. The number of ether oxygens (including phenoxy) is 1. The van der Waals surface area contributed by atoms with Crippen LogP contribution in [0.2, 0.25) is 0 Å². The van der Waals surface area contributed by atoms with Gasteiger partial charge in [0.15, 0.2) is 0 Å². The van der Waals surface area contributed by atoms with E-state index in [9.17, 15) is 13.2 Å². The molecule has 1 aliphatic rings. The molecule has 0 bridgehead atoms. The highest BCUT2D eigenvalue weighted by atomic mass is 32.2. The Morgan fingerprint density at radius 3 is 2.17 bits per heavy atom. The van der Waals surface area contributed by atoms with Gasteiger partial charge in [-0.05, 0) is 67.6 Å². The van der Waals surface area contributed by atoms with Crippen LogP contribution in [0.25, 0.3) is 0 Å². The Bertz CT molecular complexity index is 1050. The first-order valence-corrected chi connectivity index (χ1v) is 14.8. The van der Waals surface area contributed by atoms with Crippen LogP contribution >= 0.6 is 0 Å². The molecular weight excluding hydrogens is 476 g/mol. The van der Waals surface area contributed by atoms with Crippen molar-refractivity contribution in [2.24, 2.45) is 0 Å². The molecule has 3 rings (SSSR count). The highest BCUT2D eigenvalue weighted by molar-refractivity contribution is 7.92. The molecule has 9 heteroatoms. The number of piperidine rings is 1. The summed E-state index contributed by atoms with van der Waals surface area (Å²) < 4.78 is 31.0. The van der Waals surface area contributed by atoms with Crippen molar-refractivity contribution in [2.45, 2.75) is 58.5 Å². The van der Waals surface area contributed by atoms with Crippen molar-refractivity contribution in [2.75, 3.05) is 37.2 Å². The minimum absolute atomic E-state index is 0.0839. The molecule has 0 radical (unpaired) electrons. The molecule has 1 heterocycles. The van der Waals surface area contributed by atoms with E-state index >= 15 is 0 Å². The van der Waals surface area contributed by atoms with Gasteiger partial charge in [-0.15, -0.1) is 0 Å². The predicted octanol–water partition coefficient (Wildman–Crippen LogP) is 5.04. The molecule has 2 N–H and O–H groups in total. The van der Waals surface area contributed by atoms with E-state index in [1.54, 1.807) is 24.3 Å². The first-order chi connectivity index (χ1) is 17.3. The fourth-order valence-corrected chi connectivity index (χ4v) is 4.98. The lowest BCUT2D eigenvalue weighted by molar-refractivity contribution is 0.117. The lowest BCUT2D eigenvalue weighted by atomic mass is 10.0. The van der Waals surface area contributed by atoms with Crippen molar-refractivity contribution < 1.29 is 17.9 Å². The molecule has 1 aliphatic heterocycles. The van der Waals surface area contributed by atoms with E-state index in [1.807, 2.05) is 17.0 Å². The first kappa shape index (κ1) is 27.8. The molecule has 2 aromatic carbocycles. The van der Waals surface area contributed by atoms with Gasteiger partial charge < -0.3 is 15.0 Å². The molecular formula is C27H40N4O4S. The number of unbranched alkanes of at least 4 members (excludes halogenated alkanes) is 1. The number of sulfonamides is 1. The van der Waals surface area contributed by atoms with E-state index in [4.69, 9.17) is 4.74 Å². The van der Waals surface area contributed by atoms with Crippen LogP contribution < -0.4 is 14.8 Å². The molecule has 2 amide bonds. The van der Waals surface area contributed by atoms with Crippen LogP contribution in [0.4, 0.5) is 10.5 Å². The van der Waals surface area contributed by atoms with Crippen molar-refractivity contribution in [1.82, 2.24) is 15.1 Å². The van der Waals surface area contributed by atoms with Gasteiger partial charge in [0.05, 0.1) is 6.26 Å². The second-order valence-corrected chi connectivity index (χ2v) is 11.2. The minimum Gasteiger partial charge on any atom is -0.457 e. The van der Waals surface area contributed by atoms with Crippen molar-refractivity contribution >= 4 is 21.7 Å². The third-order valence-corrected chi connectivity index (χ3v) is 6.86. The normalized spacial score (nSPS) is 14.9. The Hall–Kier alpha value is -2.78. The highest BCUT2D eigenvalue weighted by Crippen LogP contribution is 2.25. The van der Waals surface area contributed by atoms with E-state index in [1.165, 1.54) is 5.56 Å². The predicted molar refractivity (Wildman–Crippen MR) is 145 cm³/mol. The van der Waals surface area contributed by atoms with Crippen LogP contribution in [0, 0.1) is 0 Å². The lowest BCUT2D eigenvalue weighted by Crippen LogP contribution is -2.51. The molecule has 0 saturated carbocycles. The van der Waals surface area contributed by atoms with E-state index < -0.39 is 10.0 Å². The molecule has 0 atom stereocenters.